The number of ether oxygens (including phenoxy) is 1. The van der Waals surface area contributed by atoms with E-state index in [1.165, 1.54) is 0 Å². The Morgan fingerprint density at radius 3 is 2.69 bits per heavy atom. The summed E-state index contributed by atoms with van der Waals surface area (Å²) >= 11 is 0. The Morgan fingerprint density at radius 1 is 1.09 bits per heavy atom. The van der Waals surface area contributed by atoms with Crippen LogP contribution < -0.4 is 15.2 Å². The Morgan fingerprint density at radius 2 is 1.94 bits per heavy atom. The molecule has 1 amide bonds. The molecule has 162 valence electrons. The lowest BCUT2D eigenvalue weighted by molar-refractivity contribution is 0.0984. The highest BCUT2D eigenvalue weighted by molar-refractivity contribution is 6.06. The molecule has 2 aromatic heterocycles. The molecule has 0 aliphatic rings. The largest absolute Gasteiger partial charge is 0.494 e. The summed E-state index contributed by atoms with van der Waals surface area (Å²) in [5.41, 5.74) is 4.19. The highest BCUT2D eigenvalue weighted by atomic mass is 16.5. The van der Waals surface area contributed by atoms with Crippen molar-refractivity contribution in [1.82, 2.24) is 9.97 Å². The number of carbonyl (C=O) groups excluding carboxylic acids is 1. The number of hydrogen-bond donors (Lipinski definition) is 1. The highest BCUT2D eigenvalue weighted by Gasteiger charge is 2.21. The third-order valence-corrected chi connectivity index (χ3v) is 5.34. The van der Waals surface area contributed by atoms with E-state index in [2.05, 4.69) is 9.97 Å². The third-order valence-electron chi connectivity index (χ3n) is 5.34. The topological polar surface area (TPSA) is 75.3 Å². The molecule has 32 heavy (non-hydrogen) atoms. The first-order valence-electron chi connectivity index (χ1n) is 10.5. The molecule has 1 N–H and O–H groups in total. The normalized spacial score (nSPS) is 10.8. The Bertz CT molecular complexity index is 1330. The van der Waals surface area contributed by atoms with E-state index < -0.39 is 0 Å². The van der Waals surface area contributed by atoms with Gasteiger partial charge in [-0.1, -0.05) is 12.1 Å². The standard InChI is InChI=1S/C26H25N3O3/c1-4-32-22-9-10-23-20(14-22)13-21(25(30)28-23)16-29(24-12-17(2)7-8-18(24)3)26(31)19-6-5-11-27-15-19/h5-15H,4,16H2,1-3H3,(H,28,30). The van der Waals surface area contributed by atoms with Gasteiger partial charge in [0.1, 0.15) is 5.75 Å². The van der Waals surface area contributed by atoms with Gasteiger partial charge in [0.15, 0.2) is 0 Å². The van der Waals surface area contributed by atoms with Crippen molar-refractivity contribution in [3.63, 3.8) is 0 Å². The van der Waals surface area contributed by atoms with Crippen molar-refractivity contribution in [1.29, 1.82) is 0 Å². The summed E-state index contributed by atoms with van der Waals surface area (Å²) in [6.45, 7) is 6.55. The summed E-state index contributed by atoms with van der Waals surface area (Å²) in [6.07, 6.45) is 3.17. The van der Waals surface area contributed by atoms with E-state index in [1.807, 2.05) is 63.2 Å². The Kier molecular flexibility index (Phi) is 6.03. The first kappa shape index (κ1) is 21.3. The van der Waals surface area contributed by atoms with E-state index >= 15 is 0 Å². The predicted molar refractivity (Wildman–Crippen MR) is 126 cm³/mol. The number of aromatic nitrogens is 2. The van der Waals surface area contributed by atoms with Gasteiger partial charge >= 0.3 is 0 Å². The van der Waals surface area contributed by atoms with Crippen LogP contribution in [-0.4, -0.2) is 22.5 Å². The van der Waals surface area contributed by atoms with E-state index in [-0.39, 0.29) is 18.0 Å². The number of nitrogens with one attached hydrogen (secondary N) is 1. The summed E-state index contributed by atoms with van der Waals surface area (Å²) in [5.74, 6) is 0.519. The summed E-state index contributed by atoms with van der Waals surface area (Å²) in [4.78, 5) is 35.0. The zero-order chi connectivity index (χ0) is 22.7. The average molecular weight is 428 g/mol. The molecule has 4 aromatic rings. The predicted octanol–water partition coefficient (Wildman–Crippen LogP) is 4.79. The molecule has 2 aromatic carbocycles. The van der Waals surface area contributed by atoms with Gasteiger partial charge < -0.3 is 14.6 Å². The van der Waals surface area contributed by atoms with Crippen LogP contribution in [0.2, 0.25) is 0 Å². The molecule has 0 radical (unpaired) electrons. The number of amides is 1. The number of nitrogens with zero attached hydrogens (tertiary/aromatic N) is 2. The average Bonchev–Trinajstić information content (AvgIpc) is 2.80. The van der Waals surface area contributed by atoms with Crippen molar-refractivity contribution in [2.75, 3.05) is 11.5 Å². The second-order valence-electron chi connectivity index (χ2n) is 7.73. The summed E-state index contributed by atoms with van der Waals surface area (Å²) in [6, 6.07) is 16.8. The van der Waals surface area contributed by atoms with Crippen molar-refractivity contribution in [3.05, 3.63) is 99.6 Å². The third kappa shape index (κ3) is 4.39. The molecular formula is C26H25N3O3. The Hall–Kier alpha value is -3.93. The number of rotatable bonds is 6. The Balaban J connectivity index is 1.81. The number of H-pyrrole nitrogens is 1. The van der Waals surface area contributed by atoms with Crippen molar-refractivity contribution in [3.8, 4) is 5.75 Å². The molecule has 0 fully saturated rings. The molecule has 0 bridgehead atoms. The number of carbonyl (C=O) groups is 1. The van der Waals surface area contributed by atoms with Gasteiger partial charge in [0.2, 0.25) is 0 Å². The van der Waals surface area contributed by atoms with Crippen LogP contribution in [0.3, 0.4) is 0 Å². The van der Waals surface area contributed by atoms with Crippen molar-refractivity contribution >= 4 is 22.5 Å². The lowest BCUT2D eigenvalue weighted by Gasteiger charge is -2.25. The van der Waals surface area contributed by atoms with Gasteiger partial charge in [-0.05, 0) is 74.4 Å². The molecule has 6 heteroatoms. The number of anilines is 1. The summed E-state index contributed by atoms with van der Waals surface area (Å²) in [5, 5.41) is 0.847. The van der Waals surface area contributed by atoms with Gasteiger partial charge in [-0.15, -0.1) is 0 Å². The minimum atomic E-state index is -0.226. The first-order valence-corrected chi connectivity index (χ1v) is 10.5. The molecule has 0 unspecified atom stereocenters. The minimum Gasteiger partial charge on any atom is -0.494 e. The van der Waals surface area contributed by atoms with Crippen LogP contribution in [0.15, 0.2) is 71.8 Å². The van der Waals surface area contributed by atoms with Gasteiger partial charge in [0.05, 0.1) is 18.7 Å². The van der Waals surface area contributed by atoms with Crippen LogP contribution in [0.25, 0.3) is 10.9 Å². The molecule has 0 aliphatic carbocycles. The van der Waals surface area contributed by atoms with Gasteiger partial charge in [0.25, 0.3) is 11.5 Å². The number of aryl methyl sites for hydroxylation is 2. The molecule has 4 rings (SSSR count). The highest BCUT2D eigenvalue weighted by Crippen LogP contribution is 2.26. The quantitative estimate of drug-likeness (QED) is 0.480. The maximum absolute atomic E-state index is 13.5. The van der Waals surface area contributed by atoms with E-state index in [0.717, 1.165) is 33.5 Å². The molecule has 2 heterocycles. The molecule has 0 aliphatic heterocycles. The fraction of sp³-hybridized carbons (Fsp3) is 0.192. The van der Waals surface area contributed by atoms with Gasteiger partial charge in [-0.25, -0.2) is 0 Å². The van der Waals surface area contributed by atoms with Gasteiger partial charge in [-0.2, -0.15) is 0 Å². The van der Waals surface area contributed by atoms with Crippen LogP contribution in [0, 0.1) is 13.8 Å². The Labute approximate surface area is 186 Å². The van der Waals surface area contributed by atoms with Crippen LogP contribution >= 0.6 is 0 Å². The minimum absolute atomic E-state index is 0.127. The maximum Gasteiger partial charge on any atom is 0.260 e. The van der Waals surface area contributed by atoms with Gasteiger partial charge in [0, 0.05) is 34.5 Å². The fourth-order valence-corrected chi connectivity index (χ4v) is 3.70. The monoisotopic (exact) mass is 427 g/mol. The first-order chi connectivity index (χ1) is 15.5. The second-order valence-corrected chi connectivity index (χ2v) is 7.73. The zero-order valence-corrected chi connectivity index (χ0v) is 18.4. The van der Waals surface area contributed by atoms with E-state index in [9.17, 15) is 9.59 Å². The molecule has 0 spiro atoms. The van der Waals surface area contributed by atoms with E-state index in [4.69, 9.17) is 4.74 Å². The van der Waals surface area contributed by atoms with Crippen LogP contribution in [0.5, 0.6) is 5.75 Å². The molecule has 0 atom stereocenters. The van der Waals surface area contributed by atoms with Crippen LogP contribution in [-0.2, 0) is 6.54 Å². The van der Waals surface area contributed by atoms with E-state index in [0.29, 0.717) is 17.7 Å². The number of pyridine rings is 2. The lowest BCUT2D eigenvalue weighted by Crippen LogP contribution is -2.33. The smallest absolute Gasteiger partial charge is 0.260 e. The number of hydrogen-bond acceptors (Lipinski definition) is 4. The van der Waals surface area contributed by atoms with Crippen molar-refractivity contribution in [2.45, 2.75) is 27.3 Å². The fourth-order valence-electron chi connectivity index (χ4n) is 3.70. The van der Waals surface area contributed by atoms with Crippen LogP contribution in [0.1, 0.15) is 34.0 Å². The zero-order valence-electron chi connectivity index (χ0n) is 18.4. The van der Waals surface area contributed by atoms with Gasteiger partial charge in [-0.3, -0.25) is 14.6 Å². The molecule has 6 nitrogen and oxygen atoms in total. The molecular weight excluding hydrogens is 402 g/mol. The van der Waals surface area contributed by atoms with Crippen molar-refractivity contribution < 1.29 is 9.53 Å². The molecule has 0 saturated carbocycles. The number of fused-ring (bicyclic) bond motifs is 1. The second kappa shape index (κ2) is 9.06. The summed E-state index contributed by atoms with van der Waals surface area (Å²) < 4.78 is 5.60. The number of benzene rings is 2. The SMILES string of the molecule is CCOc1ccc2[nH]c(=O)c(CN(C(=O)c3cccnc3)c3cc(C)ccc3C)cc2c1. The summed E-state index contributed by atoms with van der Waals surface area (Å²) in [7, 11) is 0. The number of aromatic amines is 1. The lowest BCUT2D eigenvalue weighted by atomic mass is 10.1. The van der Waals surface area contributed by atoms with Crippen molar-refractivity contribution in [2.24, 2.45) is 0 Å². The molecule has 0 saturated heterocycles. The maximum atomic E-state index is 13.5. The van der Waals surface area contributed by atoms with Crippen LogP contribution in [0.4, 0.5) is 5.69 Å². The van der Waals surface area contributed by atoms with E-state index in [1.54, 1.807) is 29.4 Å².